The first kappa shape index (κ1) is 17.9. The van der Waals surface area contributed by atoms with Crippen LogP contribution in [0.3, 0.4) is 0 Å². The SMILES string of the molecule is CCC(C)(Oc1ccc(Oc2cnc3cc(Cl)ccc3n2)cc1)C(=O)O. The summed E-state index contributed by atoms with van der Waals surface area (Å²) in [5, 5.41) is 9.87. The molecule has 7 heteroatoms. The lowest BCUT2D eigenvalue weighted by atomic mass is 10.0. The summed E-state index contributed by atoms with van der Waals surface area (Å²) >= 11 is 5.93. The molecule has 1 aromatic heterocycles. The predicted octanol–water partition coefficient (Wildman–Crippen LogP) is 4.71. The molecule has 0 spiro atoms. The highest BCUT2D eigenvalue weighted by Crippen LogP contribution is 2.27. The van der Waals surface area contributed by atoms with E-state index in [2.05, 4.69) is 9.97 Å². The number of carbonyl (C=O) groups is 1. The van der Waals surface area contributed by atoms with Gasteiger partial charge in [-0.1, -0.05) is 18.5 Å². The molecule has 6 nitrogen and oxygen atoms in total. The molecule has 0 radical (unpaired) electrons. The van der Waals surface area contributed by atoms with E-state index in [1.807, 2.05) is 0 Å². The Morgan fingerprint density at radius 3 is 2.50 bits per heavy atom. The van der Waals surface area contributed by atoms with E-state index in [0.717, 1.165) is 0 Å². The van der Waals surface area contributed by atoms with Gasteiger partial charge < -0.3 is 14.6 Å². The van der Waals surface area contributed by atoms with E-state index in [1.165, 1.54) is 13.1 Å². The molecular formula is C19H17ClN2O4. The van der Waals surface area contributed by atoms with E-state index in [1.54, 1.807) is 49.4 Å². The molecule has 26 heavy (non-hydrogen) atoms. The number of aromatic nitrogens is 2. The highest BCUT2D eigenvalue weighted by Gasteiger charge is 2.33. The number of hydrogen-bond donors (Lipinski definition) is 1. The number of aliphatic carboxylic acids is 1. The smallest absolute Gasteiger partial charge is 0.347 e. The molecule has 1 unspecified atom stereocenters. The van der Waals surface area contributed by atoms with Crippen molar-refractivity contribution in [2.24, 2.45) is 0 Å². The summed E-state index contributed by atoms with van der Waals surface area (Å²) in [6, 6.07) is 11.9. The largest absolute Gasteiger partial charge is 0.478 e. The van der Waals surface area contributed by atoms with Crippen molar-refractivity contribution >= 4 is 28.6 Å². The molecule has 0 saturated carbocycles. The summed E-state index contributed by atoms with van der Waals surface area (Å²) in [6.45, 7) is 3.30. The Morgan fingerprint density at radius 2 is 1.85 bits per heavy atom. The van der Waals surface area contributed by atoms with Crippen molar-refractivity contribution in [3.8, 4) is 17.4 Å². The maximum atomic E-state index is 11.3. The minimum absolute atomic E-state index is 0.345. The van der Waals surface area contributed by atoms with Crippen molar-refractivity contribution in [2.75, 3.05) is 0 Å². The summed E-state index contributed by atoms with van der Waals surface area (Å²) in [5.74, 6) is 0.320. The van der Waals surface area contributed by atoms with Crippen molar-refractivity contribution < 1.29 is 19.4 Å². The Balaban J connectivity index is 1.75. The summed E-state index contributed by atoms with van der Waals surface area (Å²) < 4.78 is 11.3. The second kappa shape index (κ2) is 7.17. The lowest BCUT2D eigenvalue weighted by Gasteiger charge is -2.24. The molecule has 134 valence electrons. The van der Waals surface area contributed by atoms with Crippen LogP contribution < -0.4 is 9.47 Å². The Kier molecular flexibility index (Phi) is 4.95. The lowest BCUT2D eigenvalue weighted by molar-refractivity contribution is -0.154. The number of carboxylic acid groups (broad SMARTS) is 1. The molecule has 0 aliphatic carbocycles. The Morgan fingerprint density at radius 1 is 1.15 bits per heavy atom. The quantitative estimate of drug-likeness (QED) is 0.675. The van der Waals surface area contributed by atoms with Crippen LogP contribution in [0.1, 0.15) is 20.3 Å². The highest BCUT2D eigenvalue weighted by atomic mass is 35.5. The second-order valence-electron chi connectivity index (χ2n) is 5.91. The van der Waals surface area contributed by atoms with E-state index in [9.17, 15) is 9.90 Å². The van der Waals surface area contributed by atoms with Crippen LogP contribution in [0.4, 0.5) is 0 Å². The molecule has 0 aliphatic rings. The number of carboxylic acids is 1. The number of nitrogens with zero attached hydrogens (tertiary/aromatic N) is 2. The van der Waals surface area contributed by atoms with Gasteiger partial charge in [0.15, 0.2) is 0 Å². The van der Waals surface area contributed by atoms with E-state index >= 15 is 0 Å². The summed E-state index contributed by atoms with van der Waals surface area (Å²) in [6.07, 6.45) is 1.86. The minimum Gasteiger partial charge on any atom is -0.478 e. The first-order valence-corrected chi connectivity index (χ1v) is 8.40. The number of hydrogen-bond acceptors (Lipinski definition) is 5. The molecule has 2 aromatic carbocycles. The molecule has 0 saturated heterocycles. The Hall–Kier alpha value is -2.86. The number of benzene rings is 2. The van der Waals surface area contributed by atoms with Crippen LogP contribution in [0.25, 0.3) is 11.0 Å². The van der Waals surface area contributed by atoms with Gasteiger partial charge in [0.1, 0.15) is 11.5 Å². The zero-order valence-corrected chi connectivity index (χ0v) is 15.0. The van der Waals surface area contributed by atoms with Gasteiger partial charge in [0.2, 0.25) is 11.5 Å². The van der Waals surface area contributed by atoms with Crippen molar-refractivity contribution in [1.29, 1.82) is 0 Å². The third-order valence-electron chi connectivity index (χ3n) is 4.00. The molecule has 0 fully saturated rings. The number of fused-ring (bicyclic) bond motifs is 1. The zero-order valence-electron chi connectivity index (χ0n) is 14.3. The van der Waals surface area contributed by atoms with Gasteiger partial charge in [0.05, 0.1) is 17.2 Å². The number of halogens is 1. The average molecular weight is 373 g/mol. The zero-order chi connectivity index (χ0) is 18.7. The topological polar surface area (TPSA) is 81.5 Å². The van der Waals surface area contributed by atoms with E-state index in [4.69, 9.17) is 21.1 Å². The molecule has 1 N–H and O–H groups in total. The maximum Gasteiger partial charge on any atom is 0.347 e. The van der Waals surface area contributed by atoms with Gasteiger partial charge in [-0.25, -0.2) is 14.8 Å². The van der Waals surface area contributed by atoms with Crippen molar-refractivity contribution in [3.05, 3.63) is 53.7 Å². The third kappa shape index (κ3) is 3.86. The van der Waals surface area contributed by atoms with Crippen LogP contribution in [-0.2, 0) is 4.79 Å². The van der Waals surface area contributed by atoms with Gasteiger partial charge in [-0.3, -0.25) is 0 Å². The maximum absolute atomic E-state index is 11.3. The molecule has 0 aliphatic heterocycles. The van der Waals surface area contributed by atoms with Crippen LogP contribution in [0.15, 0.2) is 48.7 Å². The standard InChI is InChI=1S/C19H17ClN2O4/c1-3-19(2,18(23)24)26-14-7-5-13(6-8-14)25-17-11-21-16-10-12(20)4-9-15(16)22-17/h4-11H,3H2,1-2H3,(H,23,24). The van der Waals surface area contributed by atoms with Gasteiger partial charge in [-0.15, -0.1) is 0 Å². The normalized spacial score (nSPS) is 13.2. The Bertz CT molecular complexity index is 946. The summed E-state index contributed by atoms with van der Waals surface area (Å²) in [7, 11) is 0. The number of ether oxygens (including phenoxy) is 2. The van der Waals surface area contributed by atoms with E-state index in [-0.39, 0.29) is 0 Å². The van der Waals surface area contributed by atoms with Crippen molar-refractivity contribution in [2.45, 2.75) is 25.9 Å². The summed E-state index contributed by atoms with van der Waals surface area (Å²) in [5.41, 5.74) is 0.0844. The van der Waals surface area contributed by atoms with Gasteiger partial charge in [0.25, 0.3) is 0 Å². The fourth-order valence-electron chi connectivity index (χ4n) is 2.24. The molecule has 1 heterocycles. The van der Waals surface area contributed by atoms with Crippen LogP contribution in [-0.4, -0.2) is 26.6 Å². The minimum atomic E-state index is -1.27. The van der Waals surface area contributed by atoms with E-state index in [0.29, 0.717) is 39.9 Å². The fraction of sp³-hybridized carbons (Fsp3) is 0.211. The van der Waals surface area contributed by atoms with Crippen molar-refractivity contribution in [3.63, 3.8) is 0 Å². The first-order valence-electron chi connectivity index (χ1n) is 8.02. The predicted molar refractivity (Wildman–Crippen MR) is 98.0 cm³/mol. The number of rotatable bonds is 6. The molecule has 0 bridgehead atoms. The summed E-state index contributed by atoms with van der Waals surface area (Å²) in [4.78, 5) is 20.0. The first-order chi connectivity index (χ1) is 12.4. The molecule has 1 atom stereocenters. The van der Waals surface area contributed by atoms with Gasteiger partial charge >= 0.3 is 5.97 Å². The third-order valence-corrected chi connectivity index (χ3v) is 4.23. The second-order valence-corrected chi connectivity index (χ2v) is 6.34. The van der Waals surface area contributed by atoms with Crippen LogP contribution in [0.2, 0.25) is 5.02 Å². The van der Waals surface area contributed by atoms with Crippen LogP contribution >= 0.6 is 11.6 Å². The molecule has 3 aromatic rings. The van der Waals surface area contributed by atoms with Gasteiger partial charge in [0, 0.05) is 5.02 Å². The van der Waals surface area contributed by atoms with Crippen LogP contribution in [0, 0.1) is 0 Å². The Labute approximate surface area is 155 Å². The van der Waals surface area contributed by atoms with Gasteiger partial charge in [-0.2, -0.15) is 0 Å². The molecular weight excluding hydrogens is 356 g/mol. The van der Waals surface area contributed by atoms with Crippen molar-refractivity contribution in [1.82, 2.24) is 9.97 Å². The van der Waals surface area contributed by atoms with Gasteiger partial charge in [-0.05, 0) is 55.8 Å². The monoisotopic (exact) mass is 372 g/mol. The fourth-order valence-corrected chi connectivity index (χ4v) is 2.41. The van der Waals surface area contributed by atoms with Crippen LogP contribution in [0.5, 0.6) is 17.4 Å². The molecule has 3 rings (SSSR count). The average Bonchev–Trinajstić information content (AvgIpc) is 2.63. The lowest BCUT2D eigenvalue weighted by Crippen LogP contribution is -2.40. The highest BCUT2D eigenvalue weighted by molar-refractivity contribution is 6.31. The van der Waals surface area contributed by atoms with E-state index < -0.39 is 11.6 Å². The molecule has 0 amide bonds.